The Hall–Kier alpha value is -1.46. The Balaban J connectivity index is 1.97. The number of carbonyl (C=O) groups excluding carboxylic acids is 1. The molecule has 1 aliphatic heterocycles. The van der Waals surface area contributed by atoms with Gasteiger partial charge < -0.3 is 10.0 Å². The van der Waals surface area contributed by atoms with E-state index in [1.165, 1.54) is 0 Å². The summed E-state index contributed by atoms with van der Waals surface area (Å²) in [7, 11) is 0. The van der Waals surface area contributed by atoms with E-state index in [9.17, 15) is 9.90 Å². The van der Waals surface area contributed by atoms with E-state index in [1.54, 1.807) is 24.5 Å². The smallest absolute Gasteiger partial charge is 0.254 e. The summed E-state index contributed by atoms with van der Waals surface area (Å²) >= 11 is 0. The molecule has 20 heavy (non-hydrogen) atoms. The zero-order valence-corrected chi connectivity index (χ0v) is 12.4. The highest BCUT2D eigenvalue weighted by molar-refractivity contribution is 5.94. The molecule has 1 aromatic rings. The monoisotopic (exact) mass is 277 g/mol. The van der Waals surface area contributed by atoms with Gasteiger partial charge >= 0.3 is 0 Å². The second-order valence-corrected chi connectivity index (χ2v) is 6.12. The molecule has 5 heteroatoms. The van der Waals surface area contributed by atoms with Crippen LogP contribution in [0, 0.1) is 0 Å². The molecular weight excluding hydrogens is 254 g/mol. The molecule has 0 aliphatic carbocycles. The number of rotatable bonds is 3. The number of hydrogen-bond donors (Lipinski definition) is 1. The molecule has 1 aliphatic rings. The van der Waals surface area contributed by atoms with Crippen molar-refractivity contribution in [3.05, 3.63) is 30.1 Å². The van der Waals surface area contributed by atoms with Gasteiger partial charge in [0, 0.05) is 50.2 Å². The largest absolute Gasteiger partial charge is 0.389 e. The molecule has 0 spiro atoms. The van der Waals surface area contributed by atoms with Crippen molar-refractivity contribution in [3.63, 3.8) is 0 Å². The molecule has 1 atom stereocenters. The predicted octanol–water partition coefficient (Wildman–Crippen LogP) is 0.999. The quantitative estimate of drug-likeness (QED) is 0.895. The topological polar surface area (TPSA) is 56.7 Å². The van der Waals surface area contributed by atoms with Crippen LogP contribution in [0.1, 0.15) is 31.1 Å². The van der Waals surface area contributed by atoms with Crippen LogP contribution in [0.4, 0.5) is 0 Å². The highest BCUT2D eigenvalue weighted by Gasteiger charge is 2.30. The third-order valence-corrected chi connectivity index (χ3v) is 3.57. The maximum Gasteiger partial charge on any atom is 0.254 e. The molecule has 0 bridgehead atoms. The van der Waals surface area contributed by atoms with Crippen LogP contribution in [0.5, 0.6) is 0 Å². The molecule has 1 amide bonds. The first-order valence-corrected chi connectivity index (χ1v) is 7.02. The first-order valence-electron chi connectivity index (χ1n) is 7.02. The van der Waals surface area contributed by atoms with E-state index in [0.29, 0.717) is 25.2 Å². The van der Waals surface area contributed by atoms with Crippen molar-refractivity contribution in [1.29, 1.82) is 0 Å². The van der Waals surface area contributed by atoms with Crippen LogP contribution in [-0.4, -0.2) is 63.6 Å². The molecule has 5 nitrogen and oxygen atoms in total. The lowest BCUT2D eigenvalue weighted by Crippen LogP contribution is -2.56. The van der Waals surface area contributed by atoms with E-state index in [4.69, 9.17) is 0 Å². The van der Waals surface area contributed by atoms with Gasteiger partial charge in [-0.05, 0) is 32.9 Å². The summed E-state index contributed by atoms with van der Waals surface area (Å²) in [5.41, 5.74) is -0.0194. The molecule has 110 valence electrons. The minimum Gasteiger partial charge on any atom is -0.389 e. The zero-order chi connectivity index (χ0) is 14.8. The third-order valence-electron chi connectivity index (χ3n) is 3.57. The van der Waals surface area contributed by atoms with Crippen molar-refractivity contribution in [2.45, 2.75) is 32.4 Å². The molecule has 0 radical (unpaired) electrons. The average Bonchev–Trinajstić information content (AvgIpc) is 2.40. The van der Waals surface area contributed by atoms with Crippen molar-refractivity contribution in [1.82, 2.24) is 14.8 Å². The Labute approximate surface area is 120 Å². The van der Waals surface area contributed by atoms with E-state index in [0.717, 1.165) is 6.54 Å². The molecule has 1 N–H and O–H groups in total. The van der Waals surface area contributed by atoms with Crippen LogP contribution < -0.4 is 0 Å². The van der Waals surface area contributed by atoms with Gasteiger partial charge in [0.2, 0.25) is 0 Å². The van der Waals surface area contributed by atoms with Gasteiger partial charge in [0.25, 0.3) is 5.91 Å². The molecule has 1 fully saturated rings. The summed E-state index contributed by atoms with van der Waals surface area (Å²) in [6.07, 6.45) is 3.28. The summed E-state index contributed by atoms with van der Waals surface area (Å²) in [6.45, 7) is 8.53. The van der Waals surface area contributed by atoms with Gasteiger partial charge in [0.15, 0.2) is 0 Å². The first-order chi connectivity index (χ1) is 9.37. The Morgan fingerprint density at radius 3 is 2.60 bits per heavy atom. The third kappa shape index (κ3) is 3.77. The highest BCUT2D eigenvalue weighted by Crippen LogP contribution is 2.15. The van der Waals surface area contributed by atoms with E-state index in [1.807, 2.05) is 18.7 Å². The fourth-order valence-corrected chi connectivity index (χ4v) is 2.59. The van der Waals surface area contributed by atoms with E-state index in [-0.39, 0.29) is 11.9 Å². The lowest BCUT2D eigenvalue weighted by atomic mass is 10.1. The van der Waals surface area contributed by atoms with Gasteiger partial charge in [-0.25, -0.2) is 0 Å². The zero-order valence-electron chi connectivity index (χ0n) is 12.4. The Morgan fingerprint density at radius 2 is 2.05 bits per heavy atom. The van der Waals surface area contributed by atoms with Gasteiger partial charge in [-0.15, -0.1) is 0 Å². The number of nitrogens with zero attached hydrogens (tertiary/aromatic N) is 3. The maximum absolute atomic E-state index is 12.4. The Kier molecular flexibility index (Phi) is 4.40. The fourth-order valence-electron chi connectivity index (χ4n) is 2.59. The van der Waals surface area contributed by atoms with Gasteiger partial charge in [0.1, 0.15) is 0 Å². The minimum absolute atomic E-state index is 0.0576. The summed E-state index contributed by atoms with van der Waals surface area (Å²) in [5, 5.41) is 9.91. The SMILES string of the molecule is CC1CN(C(=O)c2ccncc2)CCN1CC(C)(C)O. The van der Waals surface area contributed by atoms with E-state index >= 15 is 0 Å². The molecule has 0 aromatic carbocycles. The first kappa shape index (κ1) is 14.9. The Bertz CT molecular complexity index is 456. The number of aromatic nitrogens is 1. The van der Waals surface area contributed by atoms with Crippen molar-refractivity contribution >= 4 is 5.91 Å². The number of amides is 1. The standard InChI is InChI=1S/C15H23N3O2/c1-12-10-17(8-9-18(12)11-15(2,3)20)14(19)13-4-6-16-7-5-13/h4-7,12,20H,8-11H2,1-3H3. The van der Waals surface area contributed by atoms with Gasteiger partial charge in [0.05, 0.1) is 5.60 Å². The molecule has 1 unspecified atom stereocenters. The van der Waals surface area contributed by atoms with Crippen LogP contribution >= 0.6 is 0 Å². The second kappa shape index (κ2) is 5.89. The van der Waals surface area contributed by atoms with Gasteiger partial charge in [-0.3, -0.25) is 14.7 Å². The molecule has 1 saturated heterocycles. The average molecular weight is 277 g/mol. The van der Waals surface area contributed by atoms with E-state index in [2.05, 4.69) is 16.8 Å². The summed E-state index contributed by atoms with van der Waals surface area (Å²) < 4.78 is 0. The summed E-state index contributed by atoms with van der Waals surface area (Å²) in [5.74, 6) is 0.0576. The fraction of sp³-hybridized carbons (Fsp3) is 0.600. The number of hydrogen-bond acceptors (Lipinski definition) is 4. The number of carbonyl (C=O) groups is 1. The number of β-amino-alcohol motifs (C(OH)–C–C–N with tert-alkyl or cyclic N) is 1. The lowest BCUT2D eigenvalue weighted by molar-refractivity contribution is -0.00143. The van der Waals surface area contributed by atoms with Gasteiger partial charge in [-0.2, -0.15) is 0 Å². The maximum atomic E-state index is 12.4. The van der Waals surface area contributed by atoms with Crippen LogP contribution in [0.3, 0.4) is 0 Å². The molecule has 2 rings (SSSR count). The van der Waals surface area contributed by atoms with Crippen molar-refractivity contribution in [2.75, 3.05) is 26.2 Å². The molecule has 0 saturated carbocycles. The molecule has 2 heterocycles. The highest BCUT2D eigenvalue weighted by atomic mass is 16.3. The number of pyridine rings is 1. The van der Waals surface area contributed by atoms with E-state index < -0.39 is 5.60 Å². The lowest BCUT2D eigenvalue weighted by Gasteiger charge is -2.42. The molecule has 1 aromatic heterocycles. The predicted molar refractivity (Wildman–Crippen MR) is 77.5 cm³/mol. The normalized spacial score (nSPS) is 21.0. The Morgan fingerprint density at radius 1 is 1.40 bits per heavy atom. The van der Waals surface area contributed by atoms with Crippen LogP contribution in [0.25, 0.3) is 0 Å². The number of piperazine rings is 1. The van der Waals surface area contributed by atoms with Crippen LogP contribution in [0.2, 0.25) is 0 Å². The summed E-state index contributed by atoms with van der Waals surface area (Å²) in [4.78, 5) is 20.4. The van der Waals surface area contributed by atoms with Gasteiger partial charge in [-0.1, -0.05) is 0 Å². The second-order valence-electron chi connectivity index (χ2n) is 6.12. The van der Waals surface area contributed by atoms with Crippen LogP contribution in [-0.2, 0) is 0 Å². The van der Waals surface area contributed by atoms with Crippen molar-refractivity contribution in [3.8, 4) is 0 Å². The van der Waals surface area contributed by atoms with Crippen molar-refractivity contribution in [2.24, 2.45) is 0 Å². The van der Waals surface area contributed by atoms with Crippen LogP contribution in [0.15, 0.2) is 24.5 Å². The summed E-state index contributed by atoms with van der Waals surface area (Å²) in [6, 6.07) is 3.74. The minimum atomic E-state index is -0.703. The molecular formula is C15H23N3O2. The number of aliphatic hydroxyl groups is 1. The van der Waals surface area contributed by atoms with Crippen molar-refractivity contribution < 1.29 is 9.90 Å².